The van der Waals surface area contributed by atoms with Crippen molar-refractivity contribution in [2.45, 2.75) is 56.8 Å². The van der Waals surface area contributed by atoms with Crippen LogP contribution in [0.4, 0.5) is 24.5 Å². The molecule has 17 heteroatoms. The number of aryl methyl sites for hydroxylation is 1. The van der Waals surface area contributed by atoms with Gasteiger partial charge < -0.3 is 15.0 Å². The van der Waals surface area contributed by atoms with Crippen molar-refractivity contribution < 1.29 is 32.3 Å². The lowest BCUT2D eigenvalue weighted by Gasteiger charge is -2.39. The highest BCUT2D eigenvalue weighted by molar-refractivity contribution is 6.05. The van der Waals surface area contributed by atoms with Crippen LogP contribution in [0, 0.1) is 5.92 Å². The van der Waals surface area contributed by atoms with E-state index in [-0.39, 0.29) is 29.8 Å². The number of pyridine rings is 1. The zero-order chi connectivity index (χ0) is 39.3. The Balaban J connectivity index is 0.859. The van der Waals surface area contributed by atoms with Gasteiger partial charge in [-0.2, -0.15) is 18.3 Å². The summed E-state index contributed by atoms with van der Waals surface area (Å²) in [5, 5.41) is 10.6. The van der Waals surface area contributed by atoms with E-state index in [0.717, 1.165) is 87.1 Å². The van der Waals surface area contributed by atoms with Crippen LogP contribution in [-0.2, 0) is 22.8 Å². The molecule has 1 atom stereocenters. The van der Waals surface area contributed by atoms with E-state index in [1.165, 1.54) is 17.7 Å². The van der Waals surface area contributed by atoms with Crippen LogP contribution in [-0.4, -0.2) is 86.4 Å². The summed E-state index contributed by atoms with van der Waals surface area (Å²) in [7, 11) is 3.16. The van der Waals surface area contributed by atoms with Gasteiger partial charge in [-0.05, 0) is 74.4 Å². The summed E-state index contributed by atoms with van der Waals surface area (Å²) in [6.45, 7) is 4.56. The highest BCUT2D eigenvalue weighted by Crippen LogP contribution is 2.36. The van der Waals surface area contributed by atoms with Crippen molar-refractivity contribution in [1.29, 1.82) is 0 Å². The molecule has 1 saturated carbocycles. The molecule has 294 valence electrons. The number of nitrogens with one attached hydrogen (secondary N) is 2. The second-order valence-electron chi connectivity index (χ2n) is 14.9. The minimum atomic E-state index is -4.67. The average Bonchev–Trinajstić information content (AvgIpc) is 3.71. The van der Waals surface area contributed by atoms with Gasteiger partial charge in [0, 0.05) is 69.5 Å². The number of fused-ring (bicyclic) bond motifs is 2. The molecular weight excluding hydrogens is 731 g/mol. The van der Waals surface area contributed by atoms with Crippen LogP contribution in [0.5, 0.6) is 5.75 Å². The largest absolute Gasteiger partial charge is 0.494 e. The fourth-order valence-electron chi connectivity index (χ4n) is 8.35. The number of hydrogen-bond acceptors (Lipinski definition) is 9. The number of rotatable bonds is 8. The summed E-state index contributed by atoms with van der Waals surface area (Å²) >= 11 is 0. The molecule has 1 unspecified atom stereocenters. The molecule has 2 N–H and O–H groups in total. The fraction of sp³-hybridized carbons (Fsp3) is 0.436. The van der Waals surface area contributed by atoms with Gasteiger partial charge >= 0.3 is 11.9 Å². The number of piperidine rings is 1. The van der Waals surface area contributed by atoms with E-state index in [4.69, 9.17) is 9.84 Å². The number of ether oxygens (including phenoxy) is 1. The number of hydrogen-bond donors (Lipinski definition) is 2. The number of nitrogens with zero attached hydrogens (tertiary/aromatic N) is 7. The number of amides is 3. The molecule has 3 fully saturated rings. The van der Waals surface area contributed by atoms with Crippen molar-refractivity contribution in [3.05, 3.63) is 76.6 Å². The van der Waals surface area contributed by atoms with Gasteiger partial charge in [0.25, 0.3) is 5.91 Å². The first-order chi connectivity index (χ1) is 26.9. The van der Waals surface area contributed by atoms with Crippen LogP contribution in [0.25, 0.3) is 21.9 Å². The maximum atomic E-state index is 13.2. The van der Waals surface area contributed by atoms with Crippen molar-refractivity contribution in [1.82, 2.24) is 34.1 Å². The molecule has 56 heavy (non-hydrogen) atoms. The zero-order valence-electron chi connectivity index (χ0n) is 31.0. The van der Waals surface area contributed by atoms with Gasteiger partial charge in [-0.25, -0.2) is 9.78 Å². The number of halogens is 3. The van der Waals surface area contributed by atoms with E-state index < -0.39 is 29.7 Å². The Morgan fingerprint density at radius 2 is 1.73 bits per heavy atom. The average molecular weight is 774 g/mol. The third-order valence-electron chi connectivity index (χ3n) is 11.4. The monoisotopic (exact) mass is 773 g/mol. The number of alkyl halides is 3. The molecule has 3 aromatic heterocycles. The van der Waals surface area contributed by atoms with Crippen molar-refractivity contribution in [3.8, 4) is 5.75 Å². The number of imide groups is 1. The number of aromatic nitrogens is 5. The Morgan fingerprint density at radius 3 is 2.45 bits per heavy atom. The minimum absolute atomic E-state index is 0.199. The van der Waals surface area contributed by atoms with E-state index in [0.29, 0.717) is 34.8 Å². The lowest BCUT2D eigenvalue weighted by Crippen LogP contribution is -2.48. The first-order valence-corrected chi connectivity index (χ1v) is 18.8. The lowest BCUT2D eigenvalue weighted by atomic mass is 9.85. The molecule has 3 aliphatic rings. The van der Waals surface area contributed by atoms with Crippen molar-refractivity contribution in [2.24, 2.45) is 13.0 Å². The Hall–Kier alpha value is -5.71. The number of anilines is 2. The standard InChI is InChI=1S/C39H42F3N9O5/c1-47-32-19-26(10-11-30(32)51(38(47)55)31-12-13-35(52)45-37(31)54)49-16-14-48(15-17-49)21-23-6-8-25(9-7-23)50-22-24-18-29(33(56-2)20-28(24)46-50)44-36(53)27-4-3-5-34(43-27)39(40,41)42/h3-5,10-11,18-20,22-23,25,31H,6-9,12-17,21H2,1-2H3,(H,44,53)(H,45,52,54)/t23-,25-,31?. The summed E-state index contributed by atoms with van der Waals surface area (Å²) < 4.78 is 50.0. The third-order valence-corrected chi connectivity index (χ3v) is 11.4. The van der Waals surface area contributed by atoms with Crippen LogP contribution >= 0.6 is 0 Å². The number of imidazole rings is 1. The molecular formula is C39H42F3N9O5. The minimum Gasteiger partial charge on any atom is -0.494 e. The zero-order valence-corrected chi connectivity index (χ0v) is 31.0. The normalized spacial score (nSPS) is 21.1. The summed E-state index contributed by atoms with van der Waals surface area (Å²) in [4.78, 5) is 58.7. The third kappa shape index (κ3) is 7.22. The molecule has 8 rings (SSSR count). The van der Waals surface area contributed by atoms with Gasteiger partial charge in [0.15, 0.2) is 0 Å². The second kappa shape index (κ2) is 14.7. The van der Waals surface area contributed by atoms with Crippen LogP contribution in [0.3, 0.4) is 0 Å². The SMILES string of the molecule is COc1cc2nn([C@H]3CC[C@H](CN4CCN(c5ccc6c(c5)n(C)c(=O)n6C5CCC(=O)NC5=O)CC4)CC3)cc2cc1NC(=O)c1cccc(C(F)(F)F)n1. The molecule has 14 nitrogen and oxygen atoms in total. The van der Waals surface area contributed by atoms with Crippen LogP contribution in [0.1, 0.15) is 66.8 Å². The molecule has 0 spiro atoms. The maximum absolute atomic E-state index is 13.2. The van der Waals surface area contributed by atoms with Gasteiger partial charge in [0.05, 0.1) is 35.4 Å². The smallest absolute Gasteiger partial charge is 0.433 e. The molecule has 2 aromatic carbocycles. The molecule has 2 aliphatic heterocycles. The van der Waals surface area contributed by atoms with Gasteiger partial charge in [0.1, 0.15) is 23.2 Å². The van der Waals surface area contributed by atoms with Crippen LogP contribution in [0.2, 0.25) is 0 Å². The maximum Gasteiger partial charge on any atom is 0.433 e. The first kappa shape index (κ1) is 37.2. The Morgan fingerprint density at radius 1 is 0.964 bits per heavy atom. The second-order valence-corrected chi connectivity index (χ2v) is 14.9. The summed E-state index contributed by atoms with van der Waals surface area (Å²) in [6, 6.07) is 12.0. The Bertz CT molecular complexity index is 2390. The first-order valence-electron chi connectivity index (χ1n) is 18.8. The highest BCUT2D eigenvalue weighted by Gasteiger charge is 2.34. The molecule has 1 aliphatic carbocycles. The fourth-order valence-corrected chi connectivity index (χ4v) is 8.35. The molecule has 0 bridgehead atoms. The summed E-state index contributed by atoms with van der Waals surface area (Å²) in [5.41, 5.74) is 1.67. The molecule has 2 saturated heterocycles. The van der Waals surface area contributed by atoms with E-state index in [1.807, 2.05) is 29.1 Å². The molecule has 5 heterocycles. The van der Waals surface area contributed by atoms with Gasteiger partial charge in [-0.3, -0.25) is 38.4 Å². The summed E-state index contributed by atoms with van der Waals surface area (Å²) in [6.07, 6.45) is 1.83. The Labute approximate surface area is 319 Å². The van der Waals surface area contributed by atoms with Crippen molar-refractivity contribution in [3.63, 3.8) is 0 Å². The van der Waals surface area contributed by atoms with E-state index >= 15 is 0 Å². The number of carbonyl (C=O) groups is 3. The number of piperazine rings is 1. The molecule has 5 aromatic rings. The van der Waals surface area contributed by atoms with Gasteiger partial charge in [0.2, 0.25) is 11.8 Å². The number of carbonyl (C=O) groups excluding carboxylic acids is 3. The van der Waals surface area contributed by atoms with Gasteiger partial charge in [-0.1, -0.05) is 6.07 Å². The number of benzene rings is 2. The van der Waals surface area contributed by atoms with E-state index in [9.17, 15) is 32.3 Å². The van der Waals surface area contributed by atoms with Crippen molar-refractivity contribution >= 4 is 51.0 Å². The summed E-state index contributed by atoms with van der Waals surface area (Å²) in [5.74, 6) is -0.646. The highest BCUT2D eigenvalue weighted by atomic mass is 19.4. The van der Waals surface area contributed by atoms with Crippen molar-refractivity contribution in [2.75, 3.05) is 50.1 Å². The van der Waals surface area contributed by atoms with Gasteiger partial charge in [-0.15, -0.1) is 0 Å². The predicted molar refractivity (Wildman–Crippen MR) is 202 cm³/mol. The number of methoxy groups -OCH3 is 1. The molecule has 0 radical (unpaired) electrons. The quantitative estimate of drug-likeness (QED) is 0.210. The Kier molecular flexibility index (Phi) is 9.80. The van der Waals surface area contributed by atoms with E-state index in [1.54, 1.807) is 23.7 Å². The van der Waals surface area contributed by atoms with Crippen LogP contribution < -0.4 is 26.0 Å². The predicted octanol–water partition coefficient (Wildman–Crippen LogP) is 4.90. The lowest BCUT2D eigenvalue weighted by molar-refractivity contribution is -0.141. The topological polar surface area (TPSA) is 149 Å². The van der Waals surface area contributed by atoms with E-state index in [2.05, 4.69) is 25.4 Å². The van der Waals surface area contributed by atoms with Crippen LogP contribution in [0.15, 0.2) is 59.5 Å². The molecule has 3 amide bonds.